The van der Waals surface area contributed by atoms with Crippen molar-refractivity contribution >= 4 is 11.1 Å². The predicted octanol–water partition coefficient (Wildman–Crippen LogP) is 2.19. The van der Waals surface area contributed by atoms with E-state index in [1.807, 2.05) is 55.4 Å². The summed E-state index contributed by atoms with van der Waals surface area (Å²) in [6.07, 6.45) is 3.89. The van der Waals surface area contributed by atoms with Crippen molar-refractivity contribution in [2.75, 3.05) is 7.05 Å². The Morgan fingerprint density at radius 1 is 1.26 bits per heavy atom. The molecule has 2 aromatic heterocycles. The summed E-state index contributed by atoms with van der Waals surface area (Å²) in [4.78, 5) is 6.62. The Bertz CT molecular complexity index is 652. The van der Waals surface area contributed by atoms with Crippen LogP contribution >= 0.6 is 0 Å². The lowest BCUT2D eigenvalue weighted by Crippen LogP contribution is -2.17. The lowest BCUT2D eigenvalue weighted by atomic mass is 10.3. The lowest BCUT2D eigenvalue weighted by molar-refractivity contribution is 0.285. The van der Waals surface area contributed by atoms with Gasteiger partial charge in [-0.3, -0.25) is 9.58 Å². The van der Waals surface area contributed by atoms with Crippen LogP contribution in [-0.4, -0.2) is 26.7 Å². The second-order valence-corrected chi connectivity index (χ2v) is 4.77. The highest BCUT2D eigenvalue weighted by Gasteiger charge is 2.09. The van der Waals surface area contributed by atoms with Crippen LogP contribution < -0.4 is 0 Å². The number of rotatable bonds is 4. The molecule has 3 aromatic rings. The summed E-state index contributed by atoms with van der Waals surface area (Å²) in [5, 5.41) is 4.16. The van der Waals surface area contributed by atoms with Crippen LogP contribution in [0.1, 0.15) is 11.5 Å². The van der Waals surface area contributed by atoms with Gasteiger partial charge in [0.15, 0.2) is 5.58 Å². The largest absolute Gasteiger partial charge is 0.439 e. The molecule has 3 rings (SSSR count). The maximum absolute atomic E-state index is 5.71. The first-order chi connectivity index (χ1) is 9.20. The molecule has 0 radical (unpaired) electrons. The van der Waals surface area contributed by atoms with Gasteiger partial charge in [-0.1, -0.05) is 12.1 Å². The van der Waals surface area contributed by atoms with Crippen molar-refractivity contribution in [3.63, 3.8) is 0 Å². The van der Waals surface area contributed by atoms with Crippen LogP contribution in [0.15, 0.2) is 41.1 Å². The molecule has 0 saturated carbocycles. The number of aromatic nitrogens is 3. The van der Waals surface area contributed by atoms with Gasteiger partial charge in [0.25, 0.3) is 0 Å². The molecule has 5 nitrogen and oxygen atoms in total. The molecule has 19 heavy (non-hydrogen) atoms. The number of para-hydroxylation sites is 2. The topological polar surface area (TPSA) is 47.1 Å². The summed E-state index contributed by atoms with van der Waals surface area (Å²) < 4.78 is 7.52. The zero-order valence-electron chi connectivity index (χ0n) is 11.1. The van der Waals surface area contributed by atoms with Crippen molar-refractivity contribution in [1.82, 2.24) is 19.7 Å². The normalized spacial score (nSPS) is 11.5. The molecule has 0 unspecified atom stereocenters. The lowest BCUT2D eigenvalue weighted by Gasteiger charge is -2.12. The highest BCUT2D eigenvalue weighted by atomic mass is 16.3. The van der Waals surface area contributed by atoms with Gasteiger partial charge in [-0.2, -0.15) is 5.10 Å². The predicted molar refractivity (Wildman–Crippen MR) is 72.4 cm³/mol. The van der Waals surface area contributed by atoms with Gasteiger partial charge in [-0.15, -0.1) is 0 Å². The molecule has 0 amide bonds. The summed E-state index contributed by atoms with van der Waals surface area (Å²) in [5.74, 6) is 0.743. The van der Waals surface area contributed by atoms with Crippen molar-refractivity contribution in [2.45, 2.75) is 13.1 Å². The third kappa shape index (κ3) is 2.66. The maximum Gasteiger partial charge on any atom is 0.209 e. The van der Waals surface area contributed by atoms with E-state index in [1.54, 1.807) is 0 Å². The molecule has 1 aromatic carbocycles. The molecule has 0 aliphatic heterocycles. The molecule has 0 aliphatic rings. The zero-order chi connectivity index (χ0) is 13.2. The zero-order valence-corrected chi connectivity index (χ0v) is 11.1. The summed E-state index contributed by atoms with van der Waals surface area (Å²) >= 11 is 0. The summed E-state index contributed by atoms with van der Waals surface area (Å²) in [6.45, 7) is 1.51. The van der Waals surface area contributed by atoms with Gasteiger partial charge in [0.1, 0.15) is 5.52 Å². The van der Waals surface area contributed by atoms with Crippen LogP contribution in [0.4, 0.5) is 0 Å². The highest BCUT2D eigenvalue weighted by Crippen LogP contribution is 2.16. The molecule has 0 N–H and O–H groups in total. The van der Waals surface area contributed by atoms with Crippen LogP contribution in [-0.2, 0) is 20.1 Å². The highest BCUT2D eigenvalue weighted by molar-refractivity contribution is 5.72. The Morgan fingerprint density at radius 3 is 2.84 bits per heavy atom. The Labute approximate surface area is 111 Å². The smallest absolute Gasteiger partial charge is 0.209 e. The second kappa shape index (κ2) is 4.85. The van der Waals surface area contributed by atoms with Crippen LogP contribution in [0, 0.1) is 0 Å². The molecular formula is C14H16N4O. The standard InChI is InChI=1S/C14H16N4O/c1-17(8-11-7-15-18(2)9-11)10-14-16-12-5-3-4-6-13(12)19-14/h3-7,9H,8,10H2,1-2H3. The molecule has 98 valence electrons. The molecule has 5 heteroatoms. The van der Waals surface area contributed by atoms with Gasteiger partial charge in [0, 0.05) is 25.4 Å². The van der Waals surface area contributed by atoms with Gasteiger partial charge >= 0.3 is 0 Å². The average molecular weight is 256 g/mol. The van der Waals surface area contributed by atoms with Gasteiger partial charge in [-0.05, 0) is 19.2 Å². The van der Waals surface area contributed by atoms with Crippen molar-refractivity contribution in [3.8, 4) is 0 Å². The van der Waals surface area contributed by atoms with Gasteiger partial charge in [0.2, 0.25) is 5.89 Å². The molecule has 0 aliphatic carbocycles. The second-order valence-electron chi connectivity index (χ2n) is 4.77. The van der Waals surface area contributed by atoms with Crippen LogP contribution in [0.25, 0.3) is 11.1 Å². The SMILES string of the molecule is CN(Cc1cnn(C)c1)Cc1nc2ccccc2o1. The Balaban J connectivity index is 1.70. The monoisotopic (exact) mass is 256 g/mol. The van der Waals surface area contributed by atoms with E-state index >= 15 is 0 Å². The van der Waals surface area contributed by atoms with Crippen LogP contribution in [0.3, 0.4) is 0 Å². The van der Waals surface area contributed by atoms with E-state index in [0.29, 0.717) is 6.54 Å². The van der Waals surface area contributed by atoms with E-state index in [2.05, 4.69) is 15.0 Å². The first kappa shape index (κ1) is 11.9. The fraction of sp³-hybridized carbons (Fsp3) is 0.286. The van der Waals surface area contributed by atoms with Gasteiger partial charge in [-0.25, -0.2) is 4.98 Å². The van der Waals surface area contributed by atoms with Gasteiger partial charge in [0.05, 0.1) is 12.7 Å². The van der Waals surface area contributed by atoms with Crippen molar-refractivity contribution in [1.29, 1.82) is 0 Å². The summed E-state index contributed by atoms with van der Waals surface area (Å²) in [7, 11) is 3.96. The molecule has 0 saturated heterocycles. The number of fused-ring (bicyclic) bond motifs is 1. The number of benzene rings is 1. The Morgan fingerprint density at radius 2 is 2.11 bits per heavy atom. The Kier molecular flexibility index (Phi) is 3.05. The first-order valence-electron chi connectivity index (χ1n) is 6.21. The maximum atomic E-state index is 5.71. The molecule has 2 heterocycles. The number of nitrogens with zero attached hydrogens (tertiary/aromatic N) is 4. The van der Waals surface area contributed by atoms with Gasteiger partial charge < -0.3 is 4.42 Å². The molecular weight excluding hydrogens is 240 g/mol. The van der Waals surface area contributed by atoms with Crippen molar-refractivity contribution < 1.29 is 4.42 Å². The first-order valence-corrected chi connectivity index (χ1v) is 6.21. The molecule has 0 spiro atoms. The van der Waals surface area contributed by atoms with E-state index < -0.39 is 0 Å². The van der Waals surface area contributed by atoms with Crippen molar-refractivity contribution in [3.05, 3.63) is 48.1 Å². The summed E-state index contributed by atoms with van der Waals surface area (Å²) in [6, 6.07) is 7.82. The minimum absolute atomic E-state index is 0.684. The van der Waals surface area contributed by atoms with Crippen LogP contribution in [0.2, 0.25) is 0 Å². The minimum Gasteiger partial charge on any atom is -0.439 e. The van der Waals surface area contributed by atoms with E-state index in [1.165, 1.54) is 5.56 Å². The van der Waals surface area contributed by atoms with E-state index in [9.17, 15) is 0 Å². The molecule has 0 atom stereocenters. The van der Waals surface area contributed by atoms with E-state index in [4.69, 9.17) is 4.42 Å². The average Bonchev–Trinajstić information content (AvgIpc) is 2.94. The Hall–Kier alpha value is -2.14. The van der Waals surface area contributed by atoms with E-state index in [-0.39, 0.29) is 0 Å². The molecule has 0 bridgehead atoms. The number of oxazole rings is 1. The number of hydrogen-bond donors (Lipinski definition) is 0. The minimum atomic E-state index is 0.684. The number of hydrogen-bond acceptors (Lipinski definition) is 4. The van der Waals surface area contributed by atoms with E-state index in [0.717, 1.165) is 23.5 Å². The fourth-order valence-electron chi connectivity index (χ4n) is 2.14. The van der Waals surface area contributed by atoms with Crippen molar-refractivity contribution in [2.24, 2.45) is 7.05 Å². The third-order valence-corrected chi connectivity index (χ3v) is 2.95. The van der Waals surface area contributed by atoms with Crippen LogP contribution in [0.5, 0.6) is 0 Å². The quantitative estimate of drug-likeness (QED) is 0.718. The summed E-state index contributed by atoms with van der Waals surface area (Å²) in [5.41, 5.74) is 2.93. The fourth-order valence-corrected chi connectivity index (χ4v) is 2.14. The third-order valence-electron chi connectivity index (χ3n) is 2.95. The molecule has 0 fully saturated rings. The number of aryl methyl sites for hydroxylation is 1.